The minimum atomic E-state index is -0.282. The Bertz CT molecular complexity index is 729. The first-order valence-corrected chi connectivity index (χ1v) is 7.65. The highest BCUT2D eigenvalue weighted by molar-refractivity contribution is 6.03. The van der Waals surface area contributed by atoms with Crippen molar-refractivity contribution in [3.05, 3.63) is 47.9 Å². The number of carbonyl (C=O) groups is 1. The lowest BCUT2D eigenvalue weighted by atomic mass is 10.1. The van der Waals surface area contributed by atoms with Crippen LogP contribution in [-0.2, 0) is 0 Å². The molecule has 6 heteroatoms. The Morgan fingerprint density at radius 2 is 1.87 bits per heavy atom. The molecule has 0 saturated carbocycles. The monoisotopic (exact) mass is 307 g/mol. The molecule has 1 aliphatic rings. The first-order valence-electron chi connectivity index (χ1n) is 7.65. The van der Waals surface area contributed by atoms with E-state index >= 15 is 0 Å². The van der Waals surface area contributed by atoms with Crippen LogP contribution in [0.5, 0.6) is 0 Å². The van der Waals surface area contributed by atoms with Gasteiger partial charge in [-0.3, -0.25) is 4.79 Å². The Balaban J connectivity index is 1.72. The number of hydrogen-bond acceptors (Lipinski definition) is 5. The third-order valence-corrected chi connectivity index (χ3v) is 3.84. The number of carbonyl (C=O) groups excluding carboxylic acids is 1. The number of nitrogens with zero attached hydrogens (tertiary/aromatic N) is 4. The normalized spacial score (nSPS) is 14.1. The molecule has 0 aliphatic carbocycles. The van der Waals surface area contributed by atoms with Gasteiger partial charge in [-0.25, -0.2) is 9.97 Å². The van der Waals surface area contributed by atoms with Gasteiger partial charge in [0.15, 0.2) is 0 Å². The van der Waals surface area contributed by atoms with E-state index in [0.717, 1.165) is 31.7 Å². The van der Waals surface area contributed by atoms with Gasteiger partial charge in [0.1, 0.15) is 17.8 Å². The number of piperidine rings is 1. The zero-order valence-corrected chi connectivity index (χ0v) is 12.7. The number of anilines is 2. The van der Waals surface area contributed by atoms with Crippen LogP contribution in [0, 0.1) is 11.3 Å². The van der Waals surface area contributed by atoms with Crippen molar-refractivity contribution in [2.45, 2.75) is 19.3 Å². The number of hydrogen-bond donors (Lipinski definition) is 1. The Morgan fingerprint density at radius 1 is 1.13 bits per heavy atom. The fourth-order valence-corrected chi connectivity index (χ4v) is 2.59. The van der Waals surface area contributed by atoms with Crippen LogP contribution < -0.4 is 10.2 Å². The summed E-state index contributed by atoms with van der Waals surface area (Å²) in [6.07, 6.45) is 4.97. The topological polar surface area (TPSA) is 81.9 Å². The molecule has 1 amide bonds. The lowest BCUT2D eigenvalue weighted by Crippen LogP contribution is -2.30. The van der Waals surface area contributed by atoms with Gasteiger partial charge < -0.3 is 10.2 Å². The zero-order valence-electron chi connectivity index (χ0n) is 12.7. The lowest BCUT2D eigenvalue weighted by Gasteiger charge is -2.27. The summed E-state index contributed by atoms with van der Waals surface area (Å²) in [4.78, 5) is 22.8. The van der Waals surface area contributed by atoms with E-state index in [-0.39, 0.29) is 5.91 Å². The minimum absolute atomic E-state index is 0.282. The van der Waals surface area contributed by atoms with Crippen LogP contribution in [0.3, 0.4) is 0 Å². The molecule has 0 unspecified atom stereocenters. The highest BCUT2D eigenvalue weighted by atomic mass is 16.1. The average molecular weight is 307 g/mol. The fraction of sp³-hybridized carbons (Fsp3) is 0.294. The van der Waals surface area contributed by atoms with Crippen LogP contribution in [0.4, 0.5) is 11.5 Å². The van der Waals surface area contributed by atoms with E-state index in [2.05, 4.69) is 20.2 Å². The molecular weight excluding hydrogens is 290 g/mol. The van der Waals surface area contributed by atoms with E-state index in [0.29, 0.717) is 16.9 Å². The van der Waals surface area contributed by atoms with E-state index in [9.17, 15) is 4.79 Å². The molecule has 1 fully saturated rings. The third kappa shape index (κ3) is 3.64. The number of nitriles is 1. The van der Waals surface area contributed by atoms with Gasteiger partial charge in [-0.2, -0.15) is 5.26 Å². The van der Waals surface area contributed by atoms with E-state index < -0.39 is 0 Å². The van der Waals surface area contributed by atoms with E-state index in [1.807, 2.05) is 6.07 Å². The van der Waals surface area contributed by atoms with Crippen LogP contribution in [0.2, 0.25) is 0 Å². The lowest BCUT2D eigenvalue weighted by molar-refractivity contribution is 0.102. The van der Waals surface area contributed by atoms with Gasteiger partial charge in [0, 0.05) is 24.8 Å². The third-order valence-electron chi connectivity index (χ3n) is 3.84. The molecule has 1 N–H and O–H groups in total. The molecule has 6 nitrogen and oxygen atoms in total. The summed E-state index contributed by atoms with van der Waals surface area (Å²) in [6.45, 7) is 1.93. The predicted octanol–water partition coefficient (Wildman–Crippen LogP) is 2.59. The molecule has 0 bridgehead atoms. The maximum atomic E-state index is 12.3. The Morgan fingerprint density at radius 3 is 2.57 bits per heavy atom. The fourth-order valence-electron chi connectivity index (χ4n) is 2.59. The molecule has 1 aromatic heterocycles. The highest BCUT2D eigenvalue weighted by Crippen LogP contribution is 2.18. The molecule has 23 heavy (non-hydrogen) atoms. The SMILES string of the molecule is N#Cc1ccc(NC(=O)c2cc(N3CCCCC3)ncn2)cc1. The molecule has 3 rings (SSSR count). The van der Waals surface area contributed by atoms with Gasteiger partial charge in [-0.15, -0.1) is 0 Å². The quantitative estimate of drug-likeness (QED) is 0.942. The molecule has 2 aromatic rings. The summed E-state index contributed by atoms with van der Waals surface area (Å²) in [7, 11) is 0. The summed E-state index contributed by atoms with van der Waals surface area (Å²) in [5.41, 5.74) is 1.52. The number of benzene rings is 1. The van der Waals surface area contributed by atoms with Crippen molar-refractivity contribution >= 4 is 17.4 Å². The number of rotatable bonds is 3. The van der Waals surface area contributed by atoms with Gasteiger partial charge in [0.25, 0.3) is 5.91 Å². The van der Waals surface area contributed by atoms with Crippen molar-refractivity contribution in [1.29, 1.82) is 5.26 Å². The molecule has 0 radical (unpaired) electrons. The minimum Gasteiger partial charge on any atom is -0.357 e. The van der Waals surface area contributed by atoms with Crippen LogP contribution >= 0.6 is 0 Å². The molecule has 1 aromatic carbocycles. The van der Waals surface area contributed by atoms with Gasteiger partial charge in [-0.05, 0) is 43.5 Å². The van der Waals surface area contributed by atoms with E-state index in [1.165, 1.54) is 12.7 Å². The van der Waals surface area contributed by atoms with Crippen LogP contribution in [-0.4, -0.2) is 29.0 Å². The Kier molecular flexibility index (Phi) is 4.48. The van der Waals surface area contributed by atoms with Crippen LogP contribution in [0.15, 0.2) is 36.7 Å². The Labute approximate surface area is 134 Å². The van der Waals surface area contributed by atoms with E-state index in [1.54, 1.807) is 30.3 Å². The summed E-state index contributed by atoms with van der Waals surface area (Å²) in [5.74, 6) is 0.514. The number of amides is 1. The summed E-state index contributed by atoms with van der Waals surface area (Å²) in [5, 5.41) is 11.6. The second-order valence-electron chi connectivity index (χ2n) is 5.45. The largest absolute Gasteiger partial charge is 0.357 e. The van der Waals surface area contributed by atoms with Crippen molar-refractivity contribution < 1.29 is 4.79 Å². The van der Waals surface area contributed by atoms with Crippen molar-refractivity contribution in [3.8, 4) is 6.07 Å². The molecule has 0 spiro atoms. The Hall–Kier alpha value is -2.94. The van der Waals surface area contributed by atoms with Gasteiger partial charge in [-0.1, -0.05) is 0 Å². The van der Waals surface area contributed by atoms with Crippen molar-refractivity contribution in [1.82, 2.24) is 9.97 Å². The summed E-state index contributed by atoms with van der Waals surface area (Å²) < 4.78 is 0. The van der Waals surface area contributed by atoms with Crippen molar-refractivity contribution in [2.24, 2.45) is 0 Å². The van der Waals surface area contributed by atoms with Crippen LogP contribution in [0.1, 0.15) is 35.3 Å². The second kappa shape index (κ2) is 6.88. The molecule has 2 heterocycles. The summed E-state index contributed by atoms with van der Waals surface area (Å²) in [6, 6.07) is 10.5. The first-order chi connectivity index (χ1) is 11.3. The van der Waals surface area contributed by atoms with Crippen molar-refractivity contribution in [3.63, 3.8) is 0 Å². The number of aromatic nitrogens is 2. The van der Waals surface area contributed by atoms with Gasteiger partial charge >= 0.3 is 0 Å². The number of nitrogens with one attached hydrogen (secondary N) is 1. The zero-order chi connectivity index (χ0) is 16.1. The van der Waals surface area contributed by atoms with Gasteiger partial charge in [0.2, 0.25) is 0 Å². The molecule has 116 valence electrons. The predicted molar refractivity (Wildman–Crippen MR) is 87.2 cm³/mol. The average Bonchev–Trinajstić information content (AvgIpc) is 2.63. The smallest absolute Gasteiger partial charge is 0.274 e. The second-order valence-corrected chi connectivity index (χ2v) is 5.45. The van der Waals surface area contributed by atoms with Crippen molar-refractivity contribution in [2.75, 3.05) is 23.3 Å². The highest BCUT2D eigenvalue weighted by Gasteiger charge is 2.15. The maximum absolute atomic E-state index is 12.3. The first kappa shape index (κ1) is 15.0. The molecule has 1 aliphatic heterocycles. The molecule has 1 saturated heterocycles. The maximum Gasteiger partial charge on any atom is 0.274 e. The molecular formula is C17H17N5O. The van der Waals surface area contributed by atoms with Gasteiger partial charge in [0.05, 0.1) is 11.6 Å². The van der Waals surface area contributed by atoms with E-state index in [4.69, 9.17) is 5.26 Å². The molecule has 0 atom stereocenters. The standard InChI is InChI=1S/C17H17N5O/c18-11-13-4-6-14(7-5-13)21-17(23)15-10-16(20-12-19-15)22-8-2-1-3-9-22/h4-7,10,12H,1-3,8-9H2,(H,21,23). The van der Waals surface area contributed by atoms with Crippen LogP contribution in [0.25, 0.3) is 0 Å². The summed E-state index contributed by atoms with van der Waals surface area (Å²) >= 11 is 0.